The molecule has 116 valence electrons. The van der Waals surface area contributed by atoms with E-state index in [0.717, 1.165) is 49.7 Å². The number of hydrogen-bond donors (Lipinski definition) is 0. The van der Waals surface area contributed by atoms with Crippen LogP contribution in [-0.2, 0) is 19.4 Å². The molecule has 2 aromatic rings. The molecule has 22 heavy (non-hydrogen) atoms. The topological polar surface area (TPSA) is 51.1 Å². The third-order valence-electron chi connectivity index (χ3n) is 3.80. The van der Waals surface area contributed by atoms with Crippen molar-refractivity contribution in [2.75, 3.05) is 13.1 Å². The Hall–Kier alpha value is -2.01. The average Bonchev–Trinajstić information content (AvgIpc) is 2.71. The van der Waals surface area contributed by atoms with Crippen LogP contribution < -0.4 is 4.74 Å². The van der Waals surface area contributed by atoms with E-state index in [4.69, 9.17) is 4.74 Å². The second-order valence-electron chi connectivity index (χ2n) is 5.87. The highest BCUT2D eigenvalue weighted by molar-refractivity contribution is 5.31. The first-order valence-corrected chi connectivity index (χ1v) is 7.84. The minimum absolute atomic E-state index is 0.131. The normalized spacial score (nSPS) is 15.4. The van der Waals surface area contributed by atoms with Crippen molar-refractivity contribution in [1.29, 1.82) is 0 Å². The summed E-state index contributed by atoms with van der Waals surface area (Å²) in [5.41, 5.74) is 3.40. The van der Waals surface area contributed by atoms with Gasteiger partial charge >= 0.3 is 0 Å². The minimum atomic E-state index is 0.131. The molecule has 0 unspecified atom stereocenters. The van der Waals surface area contributed by atoms with Gasteiger partial charge in [0.15, 0.2) is 0 Å². The summed E-state index contributed by atoms with van der Waals surface area (Å²) >= 11 is 0. The fourth-order valence-electron chi connectivity index (χ4n) is 2.75. The van der Waals surface area contributed by atoms with E-state index in [9.17, 15) is 0 Å². The van der Waals surface area contributed by atoms with E-state index in [1.165, 1.54) is 5.56 Å². The van der Waals surface area contributed by atoms with E-state index >= 15 is 0 Å². The summed E-state index contributed by atoms with van der Waals surface area (Å²) in [5.74, 6) is 0.750. The zero-order chi connectivity index (χ0) is 15.4. The summed E-state index contributed by atoms with van der Waals surface area (Å²) in [5, 5.41) is 0. The number of nitrogens with zero attached hydrogens (tertiary/aromatic N) is 4. The fourth-order valence-corrected chi connectivity index (χ4v) is 2.75. The Morgan fingerprint density at radius 1 is 1.14 bits per heavy atom. The highest BCUT2D eigenvalue weighted by Crippen LogP contribution is 2.23. The first-order valence-electron chi connectivity index (χ1n) is 7.84. The molecule has 1 aliphatic rings. The summed E-state index contributed by atoms with van der Waals surface area (Å²) < 4.78 is 5.84. The van der Waals surface area contributed by atoms with Gasteiger partial charge in [-0.2, -0.15) is 0 Å². The van der Waals surface area contributed by atoms with Gasteiger partial charge in [0.1, 0.15) is 6.33 Å². The van der Waals surface area contributed by atoms with Gasteiger partial charge in [-0.15, -0.1) is 0 Å². The van der Waals surface area contributed by atoms with Gasteiger partial charge in [0.2, 0.25) is 5.88 Å². The molecule has 0 spiro atoms. The maximum absolute atomic E-state index is 5.84. The van der Waals surface area contributed by atoms with Crippen molar-refractivity contribution in [3.8, 4) is 5.88 Å². The molecule has 0 bridgehead atoms. The lowest BCUT2D eigenvalue weighted by Crippen LogP contribution is -2.26. The van der Waals surface area contributed by atoms with Crippen molar-refractivity contribution >= 4 is 0 Å². The second-order valence-corrected chi connectivity index (χ2v) is 5.87. The predicted octanol–water partition coefficient (Wildman–Crippen LogP) is 2.26. The van der Waals surface area contributed by atoms with Crippen molar-refractivity contribution in [2.24, 2.45) is 0 Å². The number of fused-ring (bicyclic) bond motifs is 1. The first-order chi connectivity index (χ1) is 10.7. The number of ether oxygens (including phenoxy) is 1. The lowest BCUT2D eigenvalue weighted by molar-refractivity contribution is 0.228. The Labute approximate surface area is 131 Å². The number of aromatic nitrogens is 3. The molecule has 2 aromatic heterocycles. The number of pyridine rings is 1. The lowest BCUT2D eigenvalue weighted by atomic mass is 10.1. The highest BCUT2D eigenvalue weighted by atomic mass is 16.5. The monoisotopic (exact) mass is 298 g/mol. The van der Waals surface area contributed by atoms with Crippen LogP contribution in [0.25, 0.3) is 0 Å². The molecule has 0 N–H and O–H groups in total. The first kappa shape index (κ1) is 14.9. The molecule has 0 radical (unpaired) electrons. The quantitative estimate of drug-likeness (QED) is 0.866. The summed E-state index contributed by atoms with van der Waals surface area (Å²) in [6.07, 6.45) is 5.45. The number of hydrogen-bond acceptors (Lipinski definition) is 5. The molecule has 3 heterocycles. The molecule has 1 aliphatic heterocycles. The van der Waals surface area contributed by atoms with Crippen LogP contribution in [-0.4, -0.2) is 39.0 Å². The number of rotatable bonds is 4. The van der Waals surface area contributed by atoms with Gasteiger partial charge in [0, 0.05) is 37.8 Å². The van der Waals surface area contributed by atoms with E-state index in [-0.39, 0.29) is 6.10 Å². The largest absolute Gasteiger partial charge is 0.475 e. The SMILES string of the molecule is CC(C)Oc1ncnc2c1CCN(Cc1ccccn1)CC2. The van der Waals surface area contributed by atoms with Crippen LogP contribution >= 0.6 is 0 Å². The molecule has 5 heteroatoms. The van der Waals surface area contributed by atoms with Crippen molar-refractivity contribution in [2.45, 2.75) is 39.3 Å². The maximum Gasteiger partial charge on any atom is 0.220 e. The molecule has 0 aliphatic carbocycles. The molecular weight excluding hydrogens is 276 g/mol. The Balaban J connectivity index is 1.72. The molecule has 3 rings (SSSR count). The van der Waals surface area contributed by atoms with Crippen LogP contribution in [0.4, 0.5) is 0 Å². The van der Waals surface area contributed by atoms with Crippen LogP contribution in [0.3, 0.4) is 0 Å². The Bertz CT molecular complexity index is 615. The standard InChI is InChI=1S/C17H22N4O/c1-13(2)22-17-15-6-9-21(10-7-16(15)19-12-20-17)11-14-5-3-4-8-18-14/h3-5,8,12-13H,6-7,9-11H2,1-2H3. The molecule has 0 saturated carbocycles. The molecule has 0 amide bonds. The van der Waals surface area contributed by atoms with Crippen LogP contribution in [0.2, 0.25) is 0 Å². The van der Waals surface area contributed by atoms with Gasteiger partial charge in [0.05, 0.1) is 17.5 Å². The van der Waals surface area contributed by atoms with Crippen LogP contribution in [0.15, 0.2) is 30.7 Å². The zero-order valence-electron chi connectivity index (χ0n) is 13.2. The Kier molecular flexibility index (Phi) is 4.63. The Morgan fingerprint density at radius 2 is 2.00 bits per heavy atom. The van der Waals surface area contributed by atoms with Crippen LogP contribution in [0, 0.1) is 0 Å². The van der Waals surface area contributed by atoms with Crippen LogP contribution in [0.5, 0.6) is 5.88 Å². The van der Waals surface area contributed by atoms with Gasteiger partial charge in [-0.05, 0) is 32.4 Å². The van der Waals surface area contributed by atoms with Crippen molar-refractivity contribution in [3.05, 3.63) is 47.7 Å². The van der Waals surface area contributed by atoms with E-state index in [0.29, 0.717) is 0 Å². The minimum Gasteiger partial charge on any atom is -0.475 e. The molecule has 5 nitrogen and oxygen atoms in total. The highest BCUT2D eigenvalue weighted by Gasteiger charge is 2.20. The average molecular weight is 298 g/mol. The fraction of sp³-hybridized carbons (Fsp3) is 0.471. The molecule has 0 aromatic carbocycles. The van der Waals surface area contributed by atoms with Gasteiger partial charge in [-0.3, -0.25) is 9.88 Å². The molecule has 0 fully saturated rings. The van der Waals surface area contributed by atoms with Gasteiger partial charge < -0.3 is 4.74 Å². The van der Waals surface area contributed by atoms with Crippen molar-refractivity contribution in [1.82, 2.24) is 19.9 Å². The van der Waals surface area contributed by atoms with E-state index < -0.39 is 0 Å². The molecule has 0 atom stereocenters. The predicted molar refractivity (Wildman–Crippen MR) is 84.7 cm³/mol. The smallest absolute Gasteiger partial charge is 0.220 e. The maximum atomic E-state index is 5.84. The van der Waals surface area contributed by atoms with Gasteiger partial charge in [-0.1, -0.05) is 6.07 Å². The van der Waals surface area contributed by atoms with Crippen molar-refractivity contribution < 1.29 is 4.74 Å². The van der Waals surface area contributed by atoms with Gasteiger partial charge in [-0.25, -0.2) is 9.97 Å². The second kappa shape index (κ2) is 6.83. The third kappa shape index (κ3) is 3.60. The van der Waals surface area contributed by atoms with Crippen LogP contribution in [0.1, 0.15) is 30.8 Å². The molecular formula is C17H22N4O. The van der Waals surface area contributed by atoms with E-state index in [2.05, 4.69) is 25.9 Å². The summed E-state index contributed by atoms with van der Waals surface area (Å²) in [7, 11) is 0. The zero-order valence-corrected chi connectivity index (χ0v) is 13.2. The lowest BCUT2D eigenvalue weighted by Gasteiger charge is -2.18. The van der Waals surface area contributed by atoms with Gasteiger partial charge in [0.25, 0.3) is 0 Å². The van der Waals surface area contributed by atoms with E-state index in [1.807, 2.05) is 32.2 Å². The van der Waals surface area contributed by atoms with E-state index in [1.54, 1.807) is 6.33 Å². The third-order valence-corrected chi connectivity index (χ3v) is 3.80. The summed E-state index contributed by atoms with van der Waals surface area (Å²) in [6.45, 7) is 6.90. The summed E-state index contributed by atoms with van der Waals surface area (Å²) in [6, 6.07) is 6.06. The Morgan fingerprint density at radius 3 is 2.77 bits per heavy atom. The van der Waals surface area contributed by atoms with Crippen molar-refractivity contribution in [3.63, 3.8) is 0 Å². The summed E-state index contributed by atoms with van der Waals surface area (Å²) in [4.78, 5) is 15.6. The molecule has 0 saturated heterocycles.